The summed E-state index contributed by atoms with van der Waals surface area (Å²) in [5.41, 5.74) is 1.90. The number of nitro groups is 1. The van der Waals surface area contributed by atoms with Crippen LogP contribution in [0, 0.1) is 15.9 Å². The number of nitrogens with zero attached hydrogens (tertiary/aromatic N) is 3. The number of sulfonamides is 1. The molecule has 1 aliphatic heterocycles. The van der Waals surface area contributed by atoms with Crippen molar-refractivity contribution >= 4 is 21.4 Å². The molecule has 0 fully saturated rings. The van der Waals surface area contributed by atoms with E-state index < -0.39 is 14.9 Å². The Labute approximate surface area is 163 Å². The fraction of sp³-hybridized carbons (Fsp3) is 0.368. The number of anilines is 1. The Morgan fingerprint density at radius 1 is 1.14 bits per heavy atom. The number of benzene rings is 2. The van der Waals surface area contributed by atoms with Gasteiger partial charge in [0.15, 0.2) is 0 Å². The molecule has 28 heavy (non-hydrogen) atoms. The van der Waals surface area contributed by atoms with Crippen LogP contribution in [0.25, 0.3) is 0 Å². The molecule has 0 radical (unpaired) electrons. The maximum absolute atomic E-state index is 13.4. The average Bonchev–Trinajstić information content (AvgIpc) is 2.67. The summed E-state index contributed by atoms with van der Waals surface area (Å²) in [7, 11) is -3.79. The van der Waals surface area contributed by atoms with Crippen LogP contribution in [0.3, 0.4) is 0 Å². The van der Waals surface area contributed by atoms with Crippen LogP contribution in [-0.4, -0.2) is 37.3 Å². The molecule has 0 bridgehead atoms. The van der Waals surface area contributed by atoms with Crippen molar-refractivity contribution in [2.24, 2.45) is 0 Å². The van der Waals surface area contributed by atoms with E-state index >= 15 is 0 Å². The Morgan fingerprint density at radius 2 is 1.86 bits per heavy atom. The quantitative estimate of drug-likeness (QED) is 0.542. The van der Waals surface area contributed by atoms with E-state index in [1.54, 1.807) is 19.9 Å². The highest BCUT2D eigenvalue weighted by Crippen LogP contribution is 2.34. The Hall–Kier alpha value is -2.52. The highest BCUT2D eigenvalue weighted by Gasteiger charge is 2.28. The third kappa shape index (κ3) is 3.72. The molecule has 0 aromatic heterocycles. The van der Waals surface area contributed by atoms with Crippen LogP contribution >= 0.6 is 0 Å². The van der Waals surface area contributed by atoms with Crippen molar-refractivity contribution in [3.8, 4) is 0 Å². The van der Waals surface area contributed by atoms with Crippen LogP contribution in [-0.2, 0) is 23.0 Å². The van der Waals surface area contributed by atoms with Crippen molar-refractivity contribution in [1.82, 2.24) is 4.31 Å². The standard InChI is InChI=1S/C19H22FN3O4S/c1-3-22(4-2)28(26,27)17-7-8-18(19(12-17)23(24)25)21-10-9-14-11-16(20)6-5-15(14)13-21/h5-8,11-12H,3-4,9-10,13H2,1-2H3. The Kier molecular flexibility index (Phi) is 5.66. The van der Waals surface area contributed by atoms with Crippen LogP contribution in [0.2, 0.25) is 0 Å². The minimum Gasteiger partial charge on any atom is -0.361 e. The van der Waals surface area contributed by atoms with Crippen molar-refractivity contribution in [2.75, 3.05) is 24.5 Å². The highest BCUT2D eigenvalue weighted by atomic mass is 32.2. The fourth-order valence-electron chi connectivity index (χ4n) is 3.52. The molecule has 9 heteroatoms. The van der Waals surface area contributed by atoms with Gasteiger partial charge in [0.2, 0.25) is 10.0 Å². The molecule has 0 amide bonds. The second kappa shape index (κ2) is 7.84. The van der Waals surface area contributed by atoms with E-state index in [0.29, 0.717) is 25.2 Å². The van der Waals surface area contributed by atoms with Crippen molar-refractivity contribution in [2.45, 2.75) is 31.7 Å². The van der Waals surface area contributed by atoms with Gasteiger partial charge in [-0.25, -0.2) is 12.8 Å². The second-order valence-electron chi connectivity index (χ2n) is 6.58. The van der Waals surface area contributed by atoms with Gasteiger partial charge in [0, 0.05) is 32.2 Å². The van der Waals surface area contributed by atoms with Gasteiger partial charge in [0.1, 0.15) is 11.5 Å². The molecule has 0 saturated heterocycles. The van der Waals surface area contributed by atoms with Gasteiger partial charge in [-0.3, -0.25) is 10.1 Å². The molecule has 1 heterocycles. The lowest BCUT2D eigenvalue weighted by atomic mass is 9.99. The molecule has 0 aliphatic carbocycles. The molecule has 0 saturated carbocycles. The Morgan fingerprint density at radius 3 is 2.50 bits per heavy atom. The predicted octanol–water partition coefficient (Wildman–Crippen LogP) is 3.33. The van der Waals surface area contributed by atoms with Crippen LogP contribution in [0.1, 0.15) is 25.0 Å². The van der Waals surface area contributed by atoms with Crippen LogP contribution < -0.4 is 4.90 Å². The summed E-state index contributed by atoms with van der Waals surface area (Å²) in [6, 6.07) is 8.57. The van der Waals surface area contributed by atoms with E-state index in [9.17, 15) is 22.9 Å². The fourth-order valence-corrected chi connectivity index (χ4v) is 5.00. The predicted molar refractivity (Wildman–Crippen MR) is 104 cm³/mol. The van der Waals surface area contributed by atoms with Gasteiger partial charge in [-0.15, -0.1) is 0 Å². The van der Waals surface area contributed by atoms with Crippen molar-refractivity contribution in [3.63, 3.8) is 0 Å². The largest absolute Gasteiger partial charge is 0.361 e. The molecular weight excluding hydrogens is 385 g/mol. The Bertz CT molecular complexity index is 1010. The molecule has 0 atom stereocenters. The van der Waals surface area contributed by atoms with Crippen molar-refractivity contribution in [1.29, 1.82) is 0 Å². The van der Waals surface area contributed by atoms with E-state index in [2.05, 4.69) is 0 Å². The zero-order chi connectivity index (χ0) is 20.5. The van der Waals surface area contributed by atoms with E-state index in [4.69, 9.17) is 0 Å². The number of rotatable bonds is 6. The lowest BCUT2D eigenvalue weighted by Gasteiger charge is -2.30. The summed E-state index contributed by atoms with van der Waals surface area (Å²) in [5.74, 6) is -0.302. The molecular formula is C19H22FN3O4S. The number of hydrogen-bond donors (Lipinski definition) is 0. The number of nitro benzene ring substituents is 1. The minimum atomic E-state index is -3.79. The molecule has 150 valence electrons. The van der Waals surface area contributed by atoms with Crippen molar-refractivity contribution < 1.29 is 17.7 Å². The van der Waals surface area contributed by atoms with E-state index in [1.165, 1.54) is 28.6 Å². The molecule has 0 N–H and O–H groups in total. The number of halogens is 1. The lowest BCUT2D eigenvalue weighted by molar-refractivity contribution is -0.384. The average molecular weight is 407 g/mol. The first kappa shape index (κ1) is 20.2. The first-order valence-corrected chi connectivity index (χ1v) is 10.5. The minimum absolute atomic E-state index is 0.0915. The van der Waals surface area contributed by atoms with Crippen LogP contribution in [0.15, 0.2) is 41.3 Å². The summed E-state index contributed by atoms with van der Waals surface area (Å²) in [6.07, 6.45) is 0.559. The van der Waals surface area contributed by atoms with Gasteiger partial charge >= 0.3 is 0 Å². The van der Waals surface area contributed by atoms with Gasteiger partial charge in [0.05, 0.1) is 9.82 Å². The smallest absolute Gasteiger partial charge is 0.293 e. The molecule has 3 rings (SSSR count). The summed E-state index contributed by atoms with van der Waals surface area (Å²) in [4.78, 5) is 12.8. The zero-order valence-electron chi connectivity index (χ0n) is 15.8. The van der Waals surface area contributed by atoms with E-state index in [1.807, 2.05) is 4.90 Å². The maximum atomic E-state index is 13.4. The number of hydrogen-bond acceptors (Lipinski definition) is 5. The first-order chi connectivity index (χ1) is 13.3. The van der Waals surface area contributed by atoms with Gasteiger partial charge in [-0.2, -0.15) is 4.31 Å². The summed E-state index contributed by atoms with van der Waals surface area (Å²) in [6.45, 7) is 4.90. The van der Waals surface area contributed by atoms with Gasteiger partial charge in [-0.1, -0.05) is 19.9 Å². The monoisotopic (exact) mass is 407 g/mol. The molecule has 1 aliphatic rings. The molecule has 2 aromatic rings. The molecule has 7 nitrogen and oxygen atoms in total. The van der Waals surface area contributed by atoms with Gasteiger partial charge < -0.3 is 4.90 Å². The SMILES string of the molecule is CCN(CC)S(=O)(=O)c1ccc(N2CCc3cc(F)ccc3C2)c([N+](=O)[O-])c1. The van der Waals surface area contributed by atoms with Gasteiger partial charge in [-0.05, 0) is 41.8 Å². The van der Waals surface area contributed by atoms with Crippen LogP contribution in [0.4, 0.5) is 15.8 Å². The summed E-state index contributed by atoms with van der Waals surface area (Å²) >= 11 is 0. The van der Waals surface area contributed by atoms with E-state index in [-0.39, 0.29) is 29.5 Å². The topological polar surface area (TPSA) is 83.8 Å². The highest BCUT2D eigenvalue weighted by molar-refractivity contribution is 7.89. The van der Waals surface area contributed by atoms with Crippen molar-refractivity contribution in [3.05, 3.63) is 63.5 Å². The zero-order valence-corrected chi connectivity index (χ0v) is 16.6. The summed E-state index contributed by atoms with van der Waals surface area (Å²) in [5, 5.41) is 11.7. The van der Waals surface area contributed by atoms with Gasteiger partial charge in [0.25, 0.3) is 5.69 Å². The Balaban J connectivity index is 1.99. The lowest BCUT2D eigenvalue weighted by Crippen LogP contribution is -2.32. The third-order valence-corrected chi connectivity index (χ3v) is 7.05. The normalized spacial score (nSPS) is 14.2. The van der Waals surface area contributed by atoms with E-state index in [0.717, 1.165) is 17.2 Å². The molecule has 2 aromatic carbocycles. The van der Waals surface area contributed by atoms with Crippen LogP contribution in [0.5, 0.6) is 0 Å². The third-order valence-electron chi connectivity index (χ3n) is 5.01. The molecule has 0 spiro atoms. The summed E-state index contributed by atoms with van der Waals surface area (Å²) < 4.78 is 40.1. The first-order valence-electron chi connectivity index (χ1n) is 9.08. The molecule has 0 unspecified atom stereocenters. The number of fused-ring (bicyclic) bond motifs is 1. The maximum Gasteiger partial charge on any atom is 0.293 e. The second-order valence-corrected chi connectivity index (χ2v) is 8.52.